The number of amides is 1. The van der Waals surface area contributed by atoms with Gasteiger partial charge in [0.05, 0.1) is 16.5 Å². The van der Waals surface area contributed by atoms with Crippen molar-refractivity contribution in [2.24, 2.45) is 5.14 Å². The molecular formula is C18H14BrClN2O3S2. The molecule has 0 saturated heterocycles. The van der Waals surface area contributed by atoms with Crippen LogP contribution < -0.4 is 10.5 Å². The van der Waals surface area contributed by atoms with Crippen molar-refractivity contribution in [3.8, 4) is 0 Å². The molecule has 1 unspecified atom stereocenters. The highest BCUT2D eigenvalue weighted by Crippen LogP contribution is 2.28. The van der Waals surface area contributed by atoms with E-state index in [1.54, 1.807) is 12.1 Å². The smallest absolute Gasteiger partial charge is 0.253 e. The molecule has 0 aliphatic heterocycles. The van der Waals surface area contributed by atoms with E-state index in [1.165, 1.54) is 29.5 Å². The third kappa shape index (κ3) is 4.77. The first-order valence-electron chi connectivity index (χ1n) is 7.68. The molecule has 140 valence electrons. The molecule has 3 aromatic rings. The van der Waals surface area contributed by atoms with Gasteiger partial charge in [-0.2, -0.15) is 0 Å². The Bertz CT molecular complexity index is 1070. The number of benzene rings is 2. The minimum atomic E-state index is -3.92. The summed E-state index contributed by atoms with van der Waals surface area (Å²) in [5, 5.41) is 10.6. The molecule has 0 radical (unpaired) electrons. The van der Waals surface area contributed by atoms with Gasteiger partial charge in [0.1, 0.15) is 0 Å². The normalized spacial score (nSPS) is 12.6. The Balaban J connectivity index is 1.97. The molecule has 1 aromatic heterocycles. The maximum Gasteiger partial charge on any atom is 0.253 e. The summed E-state index contributed by atoms with van der Waals surface area (Å²) < 4.78 is 23.7. The molecule has 0 spiro atoms. The zero-order valence-corrected chi connectivity index (χ0v) is 17.7. The van der Waals surface area contributed by atoms with Crippen molar-refractivity contribution in [2.75, 3.05) is 0 Å². The predicted molar refractivity (Wildman–Crippen MR) is 111 cm³/mol. The number of hydrogen-bond donors (Lipinski definition) is 2. The van der Waals surface area contributed by atoms with E-state index >= 15 is 0 Å². The van der Waals surface area contributed by atoms with Gasteiger partial charge in [0, 0.05) is 14.4 Å². The fourth-order valence-electron chi connectivity index (χ4n) is 2.49. The Kier molecular flexibility index (Phi) is 6.02. The van der Waals surface area contributed by atoms with Crippen LogP contribution in [-0.4, -0.2) is 14.3 Å². The number of rotatable bonds is 5. The summed E-state index contributed by atoms with van der Waals surface area (Å²) in [5.41, 5.74) is 1.03. The number of carbonyl (C=O) groups is 1. The first-order chi connectivity index (χ1) is 12.8. The van der Waals surface area contributed by atoms with Gasteiger partial charge in [-0.1, -0.05) is 29.8 Å². The monoisotopic (exact) mass is 484 g/mol. The maximum atomic E-state index is 12.9. The highest BCUT2D eigenvalue weighted by Gasteiger charge is 2.21. The fraction of sp³-hybridized carbons (Fsp3) is 0.0556. The Labute approximate surface area is 174 Å². The minimum absolute atomic E-state index is 0.130. The van der Waals surface area contributed by atoms with Crippen molar-refractivity contribution in [1.29, 1.82) is 0 Å². The van der Waals surface area contributed by atoms with Crippen molar-refractivity contribution in [3.63, 3.8) is 0 Å². The molecule has 1 atom stereocenters. The fourth-order valence-corrected chi connectivity index (χ4v) is 4.39. The van der Waals surface area contributed by atoms with Crippen molar-refractivity contribution in [3.05, 3.63) is 85.5 Å². The second-order valence-corrected chi connectivity index (χ2v) is 9.49. The van der Waals surface area contributed by atoms with E-state index in [-0.39, 0.29) is 10.5 Å². The first-order valence-corrected chi connectivity index (χ1v) is 11.3. The van der Waals surface area contributed by atoms with Crippen LogP contribution in [0.2, 0.25) is 5.02 Å². The lowest BCUT2D eigenvalue weighted by atomic mass is 10.0. The van der Waals surface area contributed by atoms with Crippen LogP contribution in [0.5, 0.6) is 0 Å². The van der Waals surface area contributed by atoms with Crippen LogP contribution in [0.1, 0.15) is 26.8 Å². The zero-order chi connectivity index (χ0) is 19.6. The van der Waals surface area contributed by atoms with Crippen LogP contribution in [0.25, 0.3) is 0 Å². The van der Waals surface area contributed by atoms with E-state index in [1.807, 2.05) is 29.6 Å². The SMILES string of the molecule is NS(=O)(=O)c1ccc(Br)c(C(=O)NC(c2ccc(Cl)cc2)c2cccs2)c1. The van der Waals surface area contributed by atoms with Crippen LogP contribution >= 0.6 is 38.9 Å². The first kappa shape index (κ1) is 20.0. The van der Waals surface area contributed by atoms with Gasteiger partial charge in [-0.15, -0.1) is 11.3 Å². The number of nitrogens with one attached hydrogen (secondary N) is 1. The Morgan fingerprint density at radius 2 is 1.85 bits per heavy atom. The van der Waals surface area contributed by atoms with E-state index in [4.69, 9.17) is 16.7 Å². The van der Waals surface area contributed by atoms with E-state index in [2.05, 4.69) is 21.2 Å². The molecule has 0 aliphatic rings. The van der Waals surface area contributed by atoms with Crippen LogP contribution in [0.4, 0.5) is 0 Å². The van der Waals surface area contributed by atoms with Crippen molar-refractivity contribution >= 4 is 54.8 Å². The molecule has 3 rings (SSSR count). The predicted octanol–water partition coefficient (Wildman–Crippen LogP) is 4.33. The molecule has 3 N–H and O–H groups in total. The molecule has 0 bridgehead atoms. The van der Waals surface area contributed by atoms with Gasteiger partial charge in [-0.05, 0) is 63.3 Å². The molecule has 1 heterocycles. The molecule has 1 amide bonds. The standard InChI is InChI=1S/C18H14BrClN2O3S2/c19-15-8-7-13(27(21,24)25)10-14(15)18(23)22-17(16-2-1-9-26-16)11-3-5-12(20)6-4-11/h1-10,17H,(H,22,23)(H2,21,24,25). The van der Waals surface area contributed by atoms with E-state index in [9.17, 15) is 13.2 Å². The molecule has 0 aliphatic carbocycles. The van der Waals surface area contributed by atoms with Crippen molar-refractivity contribution in [1.82, 2.24) is 5.32 Å². The van der Waals surface area contributed by atoms with Gasteiger partial charge in [0.25, 0.3) is 5.91 Å². The maximum absolute atomic E-state index is 12.9. The van der Waals surface area contributed by atoms with Crippen LogP contribution in [0.3, 0.4) is 0 Å². The van der Waals surface area contributed by atoms with E-state index in [0.29, 0.717) is 9.50 Å². The topological polar surface area (TPSA) is 89.3 Å². The van der Waals surface area contributed by atoms with Gasteiger partial charge in [0.15, 0.2) is 0 Å². The van der Waals surface area contributed by atoms with Crippen molar-refractivity contribution < 1.29 is 13.2 Å². The zero-order valence-electron chi connectivity index (χ0n) is 13.7. The highest BCUT2D eigenvalue weighted by atomic mass is 79.9. The molecular weight excluding hydrogens is 472 g/mol. The Hall–Kier alpha value is -1.71. The molecule has 0 fully saturated rings. The second kappa shape index (κ2) is 8.12. The number of primary sulfonamides is 1. The lowest BCUT2D eigenvalue weighted by Gasteiger charge is -2.19. The van der Waals surface area contributed by atoms with Gasteiger partial charge < -0.3 is 5.32 Å². The van der Waals surface area contributed by atoms with Crippen LogP contribution in [0, 0.1) is 0 Å². The number of halogens is 2. The molecule has 5 nitrogen and oxygen atoms in total. The number of carbonyl (C=O) groups excluding carboxylic acids is 1. The van der Waals surface area contributed by atoms with E-state index < -0.39 is 22.0 Å². The van der Waals surface area contributed by atoms with E-state index in [0.717, 1.165) is 10.4 Å². The lowest BCUT2D eigenvalue weighted by molar-refractivity contribution is 0.0942. The molecule has 0 saturated carbocycles. The highest BCUT2D eigenvalue weighted by molar-refractivity contribution is 9.10. The van der Waals surface area contributed by atoms with Gasteiger partial charge in [-0.3, -0.25) is 4.79 Å². The molecule has 27 heavy (non-hydrogen) atoms. The van der Waals surface area contributed by atoms with Gasteiger partial charge in [0.2, 0.25) is 10.0 Å². The molecule has 9 heteroatoms. The molecule has 2 aromatic carbocycles. The summed E-state index contributed by atoms with van der Waals surface area (Å²) in [6.45, 7) is 0. The minimum Gasteiger partial charge on any atom is -0.340 e. The summed E-state index contributed by atoms with van der Waals surface area (Å²) in [6.07, 6.45) is 0. The summed E-state index contributed by atoms with van der Waals surface area (Å²) in [7, 11) is -3.92. The summed E-state index contributed by atoms with van der Waals surface area (Å²) >= 11 is 10.8. The summed E-state index contributed by atoms with van der Waals surface area (Å²) in [4.78, 5) is 13.7. The van der Waals surface area contributed by atoms with Crippen LogP contribution in [0.15, 0.2) is 69.3 Å². The Morgan fingerprint density at radius 1 is 1.15 bits per heavy atom. The Morgan fingerprint density at radius 3 is 2.44 bits per heavy atom. The second-order valence-electron chi connectivity index (χ2n) is 5.66. The number of thiophene rings is 1. The van der Waals surface area contributed by atoms with Crippen molar-refractivity contribution in [2.45, 2.75) is 10.9 Å². The lowest BCUT2D eigenvalue weighted by Crippen LogP contribution is -2.29. The average molecular weight is 486 g/mol. The quantitative estimate of drug-likeness (QED) is 0.564. The number of nitrogens with two attached hydrogens (primary N) is 1. The third-order valence-electron chi connectivity index (χ3n) is 3.82. The third-order valence-corrected chi connectivity index (χ3v) is 6.61. The van der Waals surface area contributed by atoms with Gasteiger partial charge in [-0.25, -0.2) is 13.6 Å². The number of sulfonamides is 1. The average Bonchev–Trinajstić information content (AvgIpc) is 3.14. The largest absolute Gasteiger partial charge is 0.340 e. The number of hydrogen-bond acceptors (Lipinski definition) is 4. The summed E-state index contributed by atoms with van der Waals surface area (Å²) in [5.74, 6) is -0.430. The van der Waals surface area contributed by atoms with Crippen LogP contribution in [-0.2, 0) is 10.0 Å². The summed E-state index contributed by atoms with van der Waals surface area (Å²) in [6, 6.07) is 14.7. The van der Waals surface area contributed by atoms with Gasteiger partial charge >= 0.3 is 0 Å².